The van der Waals surface area contributed by atoms with Gasteiger partial charge in [-0.2, -0.15) is 0 Å². The SMILES string of the molecule is CC(N[C@@H]1CCC(Oc2ccc(C(=O)O)cc2)C1)c1cccc2ccccc12. The molecule has 3 aromatic rings. The van der Waals surface area contributed by atoms with Gasteiger partial charge in [0, 0.05) is 12.1 Å². The first-order chi connectivity index (χ1) is 13.6. The fourth-order valence-electron chi connectivity index (χ4n) is 4.14. The van der Waals surface area contributed by atoms with E-state index in [0.29, 0.717) is 6.04 Å². The van der Waals surface area contributed by atoms with Gasteiger partial charge in [-0.25, -0.2) is 4.79 Å². The fraction of sp³-hybridized carbons (Fsp3) is 0.292. The van der Waals surface area contributed by atoms with Gasteiger partial charge in [-0.05, 0) is 66.8 Å². The van der Waals surface area contributed by atoms with Gasteiger partial charge in [-0.15, -0.1) is 0 Å². The molecular formula is C24H25NO3. The van der Waals surface area contributed by atoms with Crippen molar-refractivity contribution in [2.24, 2.45) is 0 Å². The van der Waals surface area contributed by atoms with Gasteiger partial charge in [0.05, 0.1) is 5.56 Å². The van der Waals surface area contributed by atoms with Gasteiger partial charge in [0.25, 0.3) is 0 Å². The van der Waals surface area contributed by atoms with E-state index in [4.69, 9.17) is 9.84 Å². The number of rotatable bonds is 6. The molecule has 1 fully saturated rings. The molecule has 0 amide bonds. The lowest BCUT2D eigenvalue weighted by atomic mass is 9.99. The molecular weight excluding hydrogens is 350 g/mol. The number of carbonyl (C=O) groups is 1. The second-order valence-corrected chi connectivity index (χ2v) is 7.54. The van der Waals surface area contributed by atoms with Crippen LogP contribution in [-0.4, -0.2) is 23.2 Å². The zero-order valence-electron chi connectivity index (χ0n) is 16.0. The van der Waals surface area contributed by atoms with Gasteiger partial charge in [0.2, 0.25) is 0 Å². The van der Waals surface area contributed by atoms with E-state index in [1.54, 1.807) is 24.3 Å². The highest BCUT2D eigenvalue weighted by atomic mass is 16.5. The van der Waals surface area contributed by atoms with Crippen LogP contribution in [0.5, 0.6) is 5.75 Å². The van der Waals surface area contributed by atoms with Crippen LogP contribution in [0, 0.1) is 0 Å². The second-order valence-electron chi connectivity index (χ2n) is 7.54. The summed E-state index contributed by atoms with van der Waals surface area (Å²) in [5.74, 6) is -0.183. The molecule has 3 aromatic carbocycles. The van der Waals surface area contributed by atoms with Crippen LogP contribution in [-0.2, 0) is 0 Å². The molecule has 0 saturated heterocycles. The van der Waals surface area contributed by atoms with E-state index in [0.717, 1.165) is 25.0 Å². The minimum Gasteiger partial charge on any atom is -0.490 e. The Balaban J connectivity index is 1.37. The quantitative estimate of drug-likeness (QED) is 0.623. The molecule has 0 bridgehead atoms. The molecule has 28 heavy (non-hydrogen) atoms. The van der Waals surface area contributed by atoms with Crippen LogP contribution in [0.4, 0.5) is 0 Å². The Labute approximate surface area is 165 Å². The Hall–Kier alpha value is -2.85. The first-order valence-corrected chi connectivity index (χ1v) is 9.84. The van der Waals surface area contributed by atoms with E-state index >= 15 is 0 Å². The number of benzene rings is 3. The fourth-order valence-corrected chi connectivity index (χ4v) is 4.14. The molecule has 4 rings (SSSR count). The van der Waals surface area contributed by atoms with E-state index in [-0.39, 0.29) is 17.7 Å². The Morgan fingerprint density at radius 1 is 1.04 bits per heavy atom. The molecule has 3 atom stereocenters. The third-order valence-electron chi connectivity index (χ3n) is 5.56. The Kier molecular flexibility index (Phi) is 5.31. The number of carboxylic acids is 1. The average Bonchev–Trinajstić information content (AvgIpc) is 3.14. The number of nitrogens with one attached hydrogen (secondary N) is 1. The van der Waals surface area contributed by atoms with Crippen LogP contribution < -0.4 is 10.1 Å². The van der Waals surface area contributed by atoms with Crippen LogP contribution in [0.2, 0.25) is 0 Å². The van der Waals surface area contributed by atoms with E-state index in [1.807, 2.05) is 0 Å². The van der Waals surface area contributed by atoms with Crippen LogP contribution in [0.15, 0.2) is 66.7 Å². The molecule has 2 N–H and O–H groups in total. The second kappa shape index (κ2) is 8.03. The molecule has 144 valence electrons. The summed E-state index contributed by atoms with van der Waals surface area (Å²) in [5.41, 5.74) is 1.61. The van der Waals surface area contributed by atoms with Crippen molar-refractivity contribution in [2.75, 3.05) is 0 Å². The summed E-state index contributed by atoms with van der Waals surface area (Å²) in [6, 6.07) is 22.3. The summed E-state index contributed by atoms with van der Waals surface area (Å²) in [6.07, 6.45) is 3.19. The summed E-state index contributed by atoms with van der Waals surface area (Å²) in [5, 5.41) is 15.3. The minimum absolute atomic E-state index is 0.160. The van der Waals surface area contributed by atoms with Crippen molar-refractivity contribution < 1.29 is 14.6 Å². The van der Waals surface area contributed by atoms with Crippen molar-refractivity contribution in [1.29, 1.82) is 0 Å². The molecule has 0 heterocycles. The molecule has 0 spiro atoms. The number of aromatic carboxylic acids is 1. The van der Waals surface area contributed by atoms with E-state index in [1.165, 1.54) is 16.3 Å². The summed E-state index contributed by atoms with van der Waals surface area (Å²) in [6.45, 7) is 2.22. The molecule has 0 aliphatic heterocycles. The zero-order chi connectivity index (χ0) is 19.5. The van der Waals surface area contributed by atoms with Crippen molar-refractivity contribution in [2.45, 2.75) is 44.4 Å². The van der Waals surface area contributed by atoms with Crippen LogP contribution in [0.3, 0.4) is 0 Å². The predicted octanol–water partition coefficient (Wildman–Crippen LogP) is 5.19. The maximum Gasteiger partial charge on any atom is 0.335 e. The largest absolute Gasteiger partial charge is 0.490 e. The number of fused-ring (bicyclic) bond motifs is 1. The molecule has 4 heteroatoms. The number of carboxylic acid groups (broad SMARTS) is 1. The average molecular weight is 375 g/mol. The molecule has 1 aliphatic rings. The third kappa shape index (κ3) is 4.02. The van der Waals surface area contributed by atoms with Gasteiger partial charge in [-0.1, -0.05) is 42.5 Å². The topological polar surface area (TPSA) is 58.6 Å². The standard InChI is InChI=1S/C24H25NO3/c1-16(22-8-4-6-17-5-2-3-7-23(17)22)25-19-11-14-21(15-19)28-20-12-9-18(10-13-20)24(26)27/h2-10,12-13,16,19,21,25H,11,14-15H2,1H3,(H,26,27)/t16?,19-,21?/m1/s1. The number of hydrogen-bond donors (Lipinski definition) is 2. The molecule has 1 aliphatic carbocycles. The highest BCUT2D eigenvalue weighted by Gasteiger charge is 2.27. The van der Waals surface area contributed by atoms with E-state index in [2.05, 4.69) is 54.7 Å². The van der Waals surface area contributed by atoms with Gasteiger partial charge in [-0.3, -0.25) is 0 Å². The zero-order valence-corrected chi connectivity index (χ0v) is 16.0. The lowest BCUT2D eigenvalue weighted by Crippen LogP contribution is -2.30. The Morgan fingerprint density at radius 2 is 1.79 bits per heavy atom. The molecule has 0 radical (unpaired) electrons. The normalized spacial score (nSPS) is 20.2. The first-order valence-electron chi connectivity index (χ1n) is 9.84. The van der Waals surface area contributed by atoms with Gasteiger partial charge in [0.1, 0.15) is 11.9 Å². The highest BCUT2D eigenvalue weighted by Crippen LogP contribution is 2.29. The van der Waals surface area contributed by atoms with E-state index in [9.17, 15) is 4.79 Å². The lowest BCUT2D eigenvalue weighted by Gasteiger charge is -2.21. The van der Waals surface area contributed by atoms with E-state index < -0.39 is 5.97 Å². The smallest absolute Gasteiger partial charge is 0.335 e. The monoisotopic (exact) mass is 375 g/mol. The van der Waals surface area contributed by atoms with Crippen molar-refractivity contribution in [3.05, 3.63) is 77.9 Å². The maximum absolute atomic E-state index is 11.0. The first kappa shape index (κ1) is 18.5. The van der Waals surface area contributed by atoms with Crippen LogP contribution in [0.25, 0.3) is 10.8 Å². The van der Waals surface area contributed by atoms with Crippen LogP contribution >= 0.6 is 0 Å². The maximum atomic E-state index is 11.0. The van der Waals surface area contributed by atoms with Crippen LogP contribution in [0.1, 0.15) is 48.1 Å². The van der Waals surface area contributed by atoms with Gasteiger partial charge >= 0.3 is 5.97 Å². The predicted molar refractivity (Wildman–Crippen MR) is 111 cm³/mol. The van der Waals surface area contributed by atoms with Gasteiger partial charge < -0.3 is 15.2 Å². The van der Waals surface area contributed by atoms with Crippen molar-refractivity contribution in [1.82, 2.24) is 5.32 Å². The lowest BCUT2D eigenvalue weighted by molar-refractivity contribution is 0.0697. The Morgan fingerprint density at radius 3 is 2.57 bits per heavy atom. The summed E-state index contributed by atoms with van der Waals surface area (Å²) in [7, 11) is 0. The van der Waals surface area contributed by atoms with Crippen molar-refractivity contribution >= 4 is 16.7 Å². The molecule has 1 saturated carbocycles. The summed E-state index contributed by atoms with van der Waals surface area (Å²) >= 11 is 0. The van der Waals surface area contributed by atoms with Crippen molar-refractivity contribution in [3.8, 4) is 5.75 Å². The number of hydrogen-bond acceptors (Lipinski definition) is 3. The van der Waals surface area contributed by atoms with Crippen molar-refractivity contribution in [3.63, 3.8) is 0 Å². The minimum atomic E-state index is -0.917. The molecule has 0 aromatic heterocycles. The molecule has 4 nitrogen and oxygen atoms in total. The Bertz CT molecular complexity index is 962. The third-order valence-corrected chi connectivity index (χ3v) is 5.56. The highest BCUT2D eigenvalue weighted by molar-refractivity contribution is 5.87. The summed E-state index contributed by atoms with van der Waals surface area (Å²) in [4.78, 5) is 11.0. The number of ether oxygens (including phenoxy) is 1. The van der Waals surface area contributed by atoms with Gasteiger partial charge in [0.15, 0.2) is 0 Å². The molecule has 2 unspecified atom stereocenters. The summed E-state index contributed by atoms with van der Waals surface area (Å²) < 4.78 is 6.06.